The highest BCUT2D eigenvalue weighted by atomic mass is 16.3. The molecule has 5 heteroatoms. The zero-order valence-electron chi connectivity index (χ0n) is 22.9. The number of aliphatic hydroxyl groups excluding tert-OH is 3. The molecule has 5 nitrogen and oxygen atoms in total. The zero-order chi connectivity index (χ0) is 26.0. The Morgan fingerprint density at radius 1 is 0.686 bits per heavy atom. The smallest absolute Gasteiger partial charge is 0.249 e. The van der Waals surface area contributed by atoms with Crippen LogP contribution in [0.15, 0.2) is 24.3 Å². The van der Waals surface area contributed by atoms with Crippen molar-refractivity contribution in [1.29, 1.82) is 0 Å². The van der Waals surface area contributed by atoms with Crippen molar-refractivity contribution in [3.63, 3.8) is 0 Å². The van der Waals surface area contributed by atoms with Gasteiger partial charge in [-0.2, -0.15) is 0 Å². The number of carbonyl (C=O) groups is 1. The molecular weight excluding hydrogens is 438 g/mol. The SMILES string of the molecule is CCCCCCC/C=C/CC/C=C/C(O)C(CO)NC(=O)C(O)CCCCCCCCCCCC. The second kappa shape index (κ2) is 25.9. The monoisotopic (exact) mass is 495 g/mol. The third-order valence-corrected chi connectivity index (χ3v) is 6.54. The first-order chi connectivity index (χ1) is 17.1. The van der Waals surface area contributed by atoms with Gasteiger partial charge in [0, 0.05) is 0 Å². The van der Waals surface area contributed by atoms with E-state index >= 15 is 0 Å². The van der Waals surface area contributed by atoms with Gasteiger partial charge in [-0.25, -0.2) is 0 Å². The van der Waals surface area contributed by atoms with Gasteiger partial charge >= 0.3 is 0 Å². The summed E-state index contributed by atoms with van der Waals surface area (Å²) in [6.45, 7) is 4.08. The van der Waals surface area contributed by atoms with Crippen LogP contribution < -0.4 is 5.32 Å². The van der Waals surface area contributed by atoms with Gasteiger partial charge in [-0.05, 0) is 32.1 Å². The second-order valence-corrected chi connectivity index (χ2v) is 9.95. The van der Waals surface area contributed by atoms with Crippen molar-refractivity contribution in [2.24, 2.45) is 0 Å². The minimum absolute atomic E-state index is 0.375. The molecule has 0 aromatic rings. The molecule has 0 aliphatic carbocycles. The van der Waals surface area contributed by atoms with Gasteiger partial charge in [0.1, 0.15) is 6.10 Å². The molecule has 0 aliphatic rings. The molecule has 0 aromatic heterocycles. The maximum absolute atomic E-state index is 12.3. The molecule has 35 heavy (non-hydrogen) atoms. The molecule has 0 spiro atoms. The number of rotatable bonds is 25. The zero-order valence-corrected chi connectivity index (χ0v) is 22.9. The average molecular weight is 496 g/mol. The van der Waals surface area contributed by atoms with E-state index in [1.807, 2.05) is 6.08 Å². The second-order valence-electron chi connectivity index (χ2n) is 9.95. The molecule has 4 N–H and O–H groups in total. The fourth-order valence-electron chi connectivity index (χ4n) is 4.14. The van der Waals surface area contributed by atoms with E-state index in [4.69, 9.17) is 0 Å². The molecule has 3 atom stereocenters. The molecule has 0 rings (SSSR count). The Labute approximate surface area is 216 Å². The van der Waals surface area contributed by atoms with Crippen LogP contribution in [0.4, 0.5) is 0 Å². The third-order valence-electron chi connectivity index (χ3n) is 6.54. The first-order valence-electron chi connectivity index (χ1n) is 14.7. The van der Waals surface area contributed by atoms with Crippen LogP contribution in [0.5, 0.6) is 0 Å². The summed E-state index contributed by atoms with van der Waals surface area (Å²) in [6, 6.07) is -0.806. The van der Waals surface area contributed by atoms with Gasteiger partial charge in [0.05, 0.1) is 18.8 Å². The Morgan fingerprint density at radius 2 is 1.17 bits per heavy atom. The topological polar surface area (TPSA) is 89.8 Å². The normalized spacial score (nSPS) is 14.5. The molecular formula is C30H57NO4. The van der Waals surface area contributed by atoms with Crippen molar-refractivity contribution >= 4 is 5.91 Å². The highest BCUT2D eigenvalue weighted by Crippen LogP contribution is 2.12. The van der Waals surface area contributed by atoms with Crippen molar-refractivity contribution in [3.05, 3.63) is 24.3 Å². The van der Waals surface area contributed by atoms with Gasteiger partial charge in [-0.15, -0.1) is 0 Å². The Balaban J connectivity index is 3.92. The number of amides is 1. The molecule has 0 saturated carbocycles. The van der Waals surface area contributed by atoms with E-state index < -0.39 is 24.2 Å². The van der Waals surface area contributed by atoms with Crippen molar-refractivity contribution < 1.29 is 20.1 Å². The Hall–Kier alpha value is -1.17. The molecule has 206 valence electrons. The van der Waals surface area contributed by atoms with E-state index in [1.165, 1.54) is 77.0 Å². The average Bonchev–Trinajstić information content (AvgIpc) is 2.86. The van der Waals surface area contributed by atoms with Crippen LogP contribution in [0.3, 0.4) is 0 Å². The molecule has 0 saturated heterocycles. The van der Waals surface area contributed by atoms with Gasteiger partial charge in [0.15, 0.2) is 0 Å². The Bertz CT molecular complexity index is 520. The van der Waals surface area contributed by atoms with Gasteiger partial charge in [0.25, 0.3) is 0 Å². The summed E-state index contributed by atoms with van der Waals surface area (Å²) in [5.41, 5.74) is 0. The molecule has 3 unspecified atom stereocenters. The number of hydrogen-bond acceptors (Lipinski definition) is 4. The number of unbranched alkanes of at least 4 members (excludes halogenated alkanes) is 15. The van der Waals surface area contributed by atoms with E-state index in [-0.39, 0.29) is 6.61 Å². The largest absolute Gasteiger partial charge is 0.394 e. The first kappa shape index (κ1) is 33.8. The highest BCUT2D eigenvalue weighted by molar-refractivity contribution is 5.80. The van der Waals surface area contributed by atoms with Crippen molar-refractivity contribution in [2.75, 3.05) is 6.61 Å². The molecule has 0 heterocycles. The quantitative estimate of drug-likeness (QED) is 0.0833. The molecule has 1 amide bonds. The Morgan fingerprint density at radius 3 is 1.74 bits per heavy atom. The number of aliphatic hydroxyl groups is 3. The maximum atomic E-state index is 12.3. The van der Waals surface area contributed by atoms with Gasteiger partial charge in [0.2, 0.25) is 5.91 Å². The van der Waals surface area contributed by atoms with E-state index in [9.17, 15) is 20.1 Å². The fourth-order valence-corrected chi connectivity index (χ4v) is 4.14. The lowest BCUT2D eigenvalue weighted by atomic mass is 10.0. The predicted molar refractivity (Wildman–Crippen MR) is 148 cm³/mol. The van der Waals surface area contributed by atoms with Gasteiger partial charge in [-0.3, -0.25) is 4.79 Å². The predicted octanol–water partition coefficient (Wildman–Crippen LogP) is 6.75. The van der Waals surface area contributed by atoms with Crippen LogP contribution >= 0.6 is 0 Å². The summed E-state index contributed by atoms with van der Waals surface area (Å²) >= 11 is 0. The first-order valence-corrected chi connectivity index (χ1v) is 14.7. The lowest BCUT2D eigenvalue weighted by Crippen LogP contribution is -2.48. The van der Waals surface area contributed by atoms with E-state index in [1.54, 1.807) is 6.08 Å². The number of hydrogen-bond donors (Lipinski definition) is 4. The van der Waals surface area contributed by atoms with Crippen LogP contribution in [0.2, 0.25) is 0 Å². The number of nitrogens with one attached hydrogen (secondary N) is 1. The van der Waals surface area contributed by atoms with E-state index in [0.29, 0.717) is 6.42 Å². The summed E-state index contributed by atoms with van der Waals surface area (Å²) in [7, 11) is 0. The van der Waals surface area contributed by atoms with Crippen LogP contribution in [-0.4, -0.2) is 46.1 Å². The fraction of sp³-hybridized carbons (Fsp3) is 0.833. The molecule has 0 fully saturated rings. The third kappa shape index (κ3) is 21.8. The molecule has 0 bridgehead atoms. The summed E-state index contributed by atoms with van der Waals surface area (Å²) in [4.78, 5) is 12.3. The number of allylic oxidation sites excluding steroid dienone is 3. The summed E-state index contributed by atoms with van der Waals surface area (Å²) < 4.78 is 0. The Kier molecular flexibility index (Phi) is 25.0. The minimum atomic E-state index is -1.10. The van der Waals surface area contributed by atoms with Crippen LogP contribution in [-0.2, 0) is 4.79 Å². The van der Waals surface area contributed by atoms with Crippen molar-refractivity contribution in [2.45, 2.75) is 154 Å². The molecule has 0 aliphatic heterocycles. The highest BCUT2D eigenvalue weighted by Gasteiger charge is 2.22. The van der Waals surface area contributed by atoms with Crippen LogP contribution in [0, 0.1) is 0 Å². The molecule has 0 aromatic carbocycles. The van der Waals surface area contributed by atoms with Crippen molar-refractivity contribution in [1.82, 2.24) is 5.32 Å². The lowest BCUT2D eigenvalue weighted by molar-refractivity contribution is -0.131. The summed E-state index contributed by atoms with van der Waals surface area (Å²) in [5.74, 6) is -0.519. The standard InChI is InChI=1S/C30H57NO4/c1-3-5-7-9-11-13-15-17-18-20-22-24-28(33)27(26-32)31-30(35)29(34)25-23-21-19-16-14-12-10-8-6-4-2/h15,17,22,24,27-29,32-34H,3-14,16,18-21,23,25-26H2,1-2H3,(H,31,35)/b17-15+,24-22+. The van der Waals surface area contributed by atoms with Crippen molar-refractivity contribution in [3.8, 4) is 0 Å². The maximum Gasteiger partial charge on any atom is 0.249 e. The van der Waals surface area contributed by atoms with E-state index in [2.05, 4.69) is 31.3 Å². The summed E-state index contributed by atoms with van der Waals surface area (Å²) in [6.07, 6.45) is 27.6. The van der Waals surface area contributed by atoms with Crippen LogP contribution in [0.25, 0.3) is 0 Å². The number of carbonyl (C=O) groups excluding carboxylic acids is 1. The molecule has 0 radical (unpaired) electrons. The van der Waals surface area contributed by atoms with Gasteiger partial charge in [-0.1, -0.05) is 128 Å². The van der Waals surface area contributed by atoms with Gasteiger partial charge < -0.3 is 20.6 Å². The van der Waals surface area contributed by atoms with E-state index in [0.717, 1.165) is 38.5 Å². The lowest BCUT2D eigenvalue weighted by Gasteiger charge is -2.21. The summed E-state index contributed by atoms with van der Waals surface area (Å²) in [5, 5.41) is 32.6. The minimum Gasteiger partial charge on any atom is -0.394 e. The van der Waals surface area contributed by atoms with Crippen LogP contribution in [0.1, 0.15) is 136 Å².